The SMILES string of the molecule is COC(=O)C1CCN(C(=O)CN(C)[C@@H](c2ccccc2)c2ccc(F)cc2)CC1. The highest BCUT2D eigenvalue weighted by Crippen LogP contribution is 2.28. The summed E-state index contributed by atoms with van der Waals surface area (Å²) in [6.45, 7) is 1.35. The summed E-state index contributed by atoms with van der Waals surface area (Å²) in [5.74, 6) is -0.584. The van der Waals surface area contributed by atoms with Gasteiger partial charge in [-0.3, -0.25) is 14.5 Å². The van der Waals surface area contributed by atoms with E-state index in [1.165, 1.54) is 19.2 Å². The lowest BCUT2D eigenvalue weighted by molar-refractivity contribution is -0.149. The van der Waals surface area contributed by atoms with Crippen molar-refractivity contribution in [3.05, 3.63) is 71.5 Å². The van der Waals surface area contributed by atoms with Gasteiger partial charge in [-0.25, -0.2) is 4.39 Å². The lowest BCUT2D eigenvalue weighted by atomic mass is 9.96. The number of likely N-dealkylation sites (N-methyl/N-ethyl adjacent to an activating group) is 1. The number of ether oxygens (including phenoxy) is 1. The molecule has 0 aliphatic carbocycles. The topological polar surface area (TPSA) is 49.9 Å². The van der Waals surface area contributed by atoms with Gasteiger partial charge in [0.2, 0.25) is 5.91 Å². The van der Waals surface area contributed by atoms with Gasteiger partial charge in [-0.2, -0.15) is 0 Å². The highest BCUT2D eigenvalue weighted by Gasteiger charge is 2.29. The fourth-order valence-electron chi connectivity index (χ4n) is 3.92. The minimum absolute atomic E-state index is 0.0267. The lowest BCUT2D eigenvalue weighted by Gasteiger charge is -2.34. The number of likely N-dealkylation sites (tertiary alicyclic amines) is 1. The molecule has 0 aromatic heterocycles. The molecule has 154 valence electrons. The Morgan fingerprint density at radius 2 is 1.66 bits per heavy atom. The fraction of sp³-hybridized carbons (Fsp3) is 0.391. The minimum atomic E-state index is -0.284. The summed E-state index contributed by atoms with van der Waals surface area (Å²) < 4.78 is 18.2. The molecule has 1 amide bonds. The van der Waals surface area contributed by atoms with E-state index in [4.69, 9.17) is 4.74 Å². The first-order valence-corrected chi connectivity index (χ1v) is 9.86. The molecular formula is C23H27FN2O3. The van der Waals surface area contributed by atoms with Gasteiger partial charge < -0.3 is 9.64 Å². The Kier molecular flexibility index (Phi) is 6.99. The van der Waals surface area contributed by atoms with Gasteiger partial charge in [0.15, 0.2) is 0 Å². The molecule has 2 aromatic rings. The Hall–Kier alpha value is -2.73. The third-order valence-corrected chi connectivity index (χ3v) is 5.51. The number of amides is 1. The van der Waals surface area contributed by atoms with Crippen molar-refractivity contribution in [2.24, 2.45) is 5.92 Å². The van der Waals surface area contributed by atoms with Crippen molar-refractivity contribution < 1.29 is 18.7 Å². The quantitative estimate of drug-likeness (QED) is 0.701. The molecule has 0 unspecified atom stereocenters. The summed E-state index contributed by atoms with van der Waals surface area (Å²) in [7, 11) is 3.30. The molecule has 3 rings (SSSR count). The zero-order chi connectivity index (χ0) is 20.8. The molecular weight excluding hydrogens is 371 g/mol. The predicted octanol–water partition coefficient (Wildman–Crippen LogP) is 3.26. The van der Waals surface area contributed by atoms with Crippen LogP contribution in [0, 0.1) is 11.7 Å². The molecule has 1 saturated heterocycles. The van der Waals surface area contributed by atoms with Crippen LogP contribution >= 0.6 is 0 Å². The first-order chi connectivity index (χ1) is 14.0. The van der Waals surface area contributed by atoms with Crippen LogP contribution in [0.1, 0.15) is 30.0 Å². The number of halogens is 1. The van der Waals surface area contributed by atoms with Gasteiger partial charge in [0.1, 0.15) is 5.82 Å². The van der Waals surface area contributed by atoms with E-state index in [-0.39, 0.29) is 36.2 Å². The van der Waals surface area contributed by atoms with E-state index in [1.54, 1.807) is 12.1 Å². The van der Waals surface area contributed by atoms with Crippen LogP contribution in [0.25, 0.3) is 0 Å². The predicted molar refractivity (Wildman–Crippen MR) is 109 cm³/mol. The molecule has 6 heteroatoms. The number of methoxy groups -OCH3 is 1. The smallest absolute Gasteiger partial charge is 0.308 e. The maximum atomic E-state index is 13.4. The van der Waals surface area contributed by atoms with Crippen LogP contribution in [0.15, 0.2) is 54.6 Å². The Bertz CT molecular complexity index is 818. The van der Waals surface area contributed by atoms with E-state index in [0.717, 1.165) is 11.1 Å². The molecule has 1 aliphatic rings. The highest BCUT2D eigenvalue weighted by atomic mass is 19.1. The molecule has 0 N–H and O–H groups in total. The molecule has 0 bridgehead atoms. The number of hydrogen-bond donors (Lipinski definition) is 0. The van der Waals surface area contributed by atoms with E-state index in [2.05, 4.69) is 0 Å². The van der Waals surface area contributed by atoms with Crippen molar-refractivity contribution in [2.45, 2.75) is 18.9 Å². The van der Waals surface area contributed by atoms with Crippen molar-refractivity contribution in [3.63, 3.8) is 0 Å². The van der Waals surface area contributed by atoms with Crippen LogP contribution in [0.5, 0.6) is 0 Å². The number of carbonyl (C=O) groups excluding carboxylic acids is 2. The van der Waals surface area contributed by atoms with Crippen LogP contribution in [0.3, 0.4) is 0 Å². The van der Waals surface area contributed by atoms with Crippen LogP contribution in [-0.4, -0.2) is 55.5 Å². The summed E-state index contributed by atoms with van der Waals surface area (Å²) in [4.78, 5) is 28.4. The largest absolute Gasteiger partial charge is 0.469 e. The molecule has 29 heavy (non-hydrogen) atoms. The van der Waals surface area contributed by atoms with E-state index in [1.807, 2.05) is 47.2 Å². The minimum Gasteiger partial charge on any atom is -0.469 e. The van der Waals surface area contributed by atoms with Gasteiger partial charge in [0, 0.05) is 13.1 Å². The van der Waals surface area contributed by atoms with Crippen molar-refractivity contribution in [2.75, 3.05) is 33.8 Å². The molecule has 0 saturated carbocycles. The standard InChI is InChI=1S/C23H27FN2O3/c1-25(16-21(27)26-14-12-19(13-15-26)23(28)29-2)22(17-6-4-3-5-7-17)18-8-10-20(24)11-9-18/h3-11,19,22H,12-16H2,1-2H3/t22-/m0/s1. The number of esters is 1. The van der Waals surface area contributed by atoms with Crippen molar-refractivity contribution in [1.82, 2.24) is 9.80 Å². The van der Waals surface area contributed by atoms with Crippen LogP contribution < -0.4 is 0 Å². The number of piperidine rings is 1. The normalized spacial score (nSPS) is 15.9. The number of rotatable bonds is 6. The average molecular weight is 398 g/mol. The first kappa shape index (κ1) is 21.0. The summed E-state index contributed by atoms with van der Waals surface area (Å²) in [6.07, 6.45) is 1.25. The molecule has 1 atom stereocenters. The molecule has 1 aliphatic heterocycles. The van der Waals surface area contributed by atoms with Gasteiger partial charge in [-0.05, 0) is 43.1 Å². The zero-order valence-electron chi connectivity index (χ0n) is 16.9. The van der Waals surface area contributed by atoms with Gasteiger partial charge in [-0.1, -0.05) is 42.5 Å². The third-order valence-electron chi connectivity index (χ3n) is 5.51. The summed E-state index contributed by atoms with van der Waals surface area (Å²) in [5.41, 5.74) is 1.97. The second-order valence-electron chi connectivity index (χ2n) is 7.46. The van der Waals surface area contributed by atoms with Crippen LogP contribution in [0.2, 0.25) is 0 Å². The van der Waals surface area contributed by atoms with Gasteiger partial charge in [0.25, 0.3) is 0 Å². The Morgan fingerprint density at radius 3 is 2.24 bits per heavy atom. The second-order valence-corrected chi connectivity index (χ2v) is 7.46. The third kappa shape index (κ3) is 5.21. The molecule has 2 aromatic carbocycles. The van der Waals surface area contributed by atoms with Crippen LogP contribution in [0.4, 0.5) is 4.39 Å². The maximum absolute atomic E-state index is 13.4. The fourth-order valence-corrected chi connectivity index (χ4v) is 3.92. The number of hydrogen-bond acceptors (Lipinski definition) is 4. The number of carbonyl (C=O) groups is 2. The summed E-state index contributed by atoms with van der Waals surface area (Å²) >= 11 is 0. The van der Waals surface area contributed by atoms with Crippen LogP contribution in [-0.2, 0) is 14.3 Å². The lowest BCUT2D eigenvalue weighted by Crippen LogP contribution is -2.45. The average Bonchev–Trinajstić information content (AvgIpc) is 2.75. The van der Waals surface area contributed by atoms with Crippen molar-refractivity contribution in [3.8, 4) is 0 Å². The summed E-state index contributed by atoms with van der Waals surface area (Å²) in [6, 6.07) is 16.1. The first-order valence-electron chi connectivity index (χ1n) is 9.86. The molecule has 1 heterocycles. The Balaban J connectivity index is 1.70. The molecule has 0 spiro atoms. The Morgan fingerprint density at radius 1 is 1.07 bits per heavy atom. The molecule has 1 fully saturated rings. The highest BCUT2D eigenvalue weighted by molar-refractivity contribution is 5.79. The van der Waals surface area contributed by atoms with Gasteiger partial charge in [0.05, 0.1) is 25.6 Å². The number of benzene rings is 2. The Labute approximate surface area is 171 Å². The second kappa shape index (κ2) is 9.65. The zero-order valence-corrected chi connectivity index (χ0v) is 16.9. The maximum Gasteiger partial charge on any atom is 0.308 e. The van der Waals surface area contributed by atoms with E-state index in [0.29, 0.717) is 25.9 Å². The van der Waals surface area contributed by atoms with Gasteiger partial charge >= 0.3 is 5.97 Å². The van der Waals surface area contributed by atoms with Crippen molar-refractivity contribution >= 4 is 11.9 Å². The van der Waals surface area contributed by atoms with E-state index < -0.39 is 0 Å². The monoisotopic (exact) mass is 398 g/mol. The van der Waals surface area contributed by atoms with Gasteiger partial charge in [-0.15, -0.1) is 0 Å². The molecule has 0 radical (unpaired) electrons. The van der Waals surface area contributed by atoms with E-state index >= 15 is 0 Å². The molecule has 5 nitrogen and oxygen atoms in total. The summed E-state index contributed by atoms with van der Waals surface area (Å²) in [5, 5.41) is 0. The van der Waals surface area contributed by atoms with E-state index in [9.17, 15) is 14.0 Å². The number of nitrogens with zero attached hydrogens (tertiary/aromatic N) is 2. The van der Waals surface area contributed by atoms with Crippen molar-refractivity contribution in [1.29, 1.82) is 0 Å².